The molecule has 1 saturated heterocycles. The molecule has 0 bridgehead atoms. The molecular formula is C9H17N3O2. The van der Waals surface area contributed by atoms with Crippen molar-refractivity contribution >= 4 is 11.9 Å². The standard InChI is InChI=1S/C9H17N3O2/c1-3-10-9(14)11-7-4-5-8(13)12(2)6-7/h7H,3-6H2,1-2H3,(H2,10,11,14). The Morgan fingerprint density at radius 2 is 2.36 bits per heavy atom. The number of urea groups is 1. The molecule has 14 heavy (non-hydrogen) atoms. The van der Waals surface area contributed by atoms with Gasteiger partial charge in [0.1, 0.15) is 0 Å². The second kappa shape index (κ2) is 4.83. The Hall–Kier alpha value is -1.26. The van der Waals surface area contributed by atoms with Crippen LogP contribution in [-0.2, 0) is 4.79 Å². The van der Waals surface area contributed by atoms with Gasteiger partial charge in [-0.3, -0.25) is 4.79 Å². The topological polar surface area (TPSA) is 61.4 Å². The molecule has 1 unspecified atom stereocenters. The summed E-state index contributed by atoms with van der Waals surface area (Å²) in [5.74, 6) is 0.152. The van der Waals surface area contributed by atoms with E-state index >= 15 is 0 Å². The molecule has 0 saturated carbocycles. The Kier molecular flexibility index (Phi) is 3.73. The number of rotatable bonds is 2. The van der Waals surface area contributed by atoms with Crippen molar-refractivity contribution in [2.75, 3.05) is 20.1 Å². The summed E-state index contributed by atoms with van der Waals surface area (Å²) in [4.78, 5) is 24.0. The number of nitrogens with zero attached hydrogens (tertiary/aromatic N) is 1. The number of piperidine rings is 1. The third-order valence-electron chi connectivity index (χ3n) is 2.30. The molecule has 0 aromatic rings. The lowest BCUT2D eigenvalue weighted by atomic mass is 10.1. The molecule has 5 nitrogen and oxygen atoms in total. The van der Waals surface area contributed by atoms with Gasteiger partial charge in [-0.1, -0.05) is 0 Å². The van der Waals surface area contributed by atoms with E-state index < -0.39 is 0 Å². The first-order chi connectivity index (χ1) is 6.63. The van der Waals surface area contributed by atoms with Crippen LogP contribution in [0.3, 0.4) is 0 Å². The van der Waals surface area contributed by atoms with Gasteiger partial charge in [-0.25, -0.2) is 4.79 Å². The van der Waals surface area contributed by atoms with Crippen LogP contribution < -0.4 is 10.6 Å². The summed E-state index contributed by atoms with van der Waals surface area (Å²) in [5.41, 5.74) is 0. The number of nitrogens with one attached hydrogen (secondary N) is 2. The van der Waals surface area contributed by atoms with E-state index in [0.29, 0.717) is 19.5 Å². The number of carbonyl (C=O) groups excluding carboxylic acids is 2. The summed E-state index contributed by atoms with van der Waals surface area (Å²) >= 11 is 0. The van der Waals surface area contributed by atoms with Crippen molar-refractivity contribution in [3.8, 4) is 0 Å². The molecule has 1 fully saturated rings. The molecule has 1 rings (SSSR count). The van der Waals surface area contributed by atoms with E-state index in [1.165, 1.54) is 0 Å². The van der Waals surface area contributed by atoms with Crippen molar-refractivity contribution in [2.45, 2.75) is 25.8 Å². The molecule has 1 aliphatic rings. The zero-order valence-electron chi connectivity index (χ0n) is 8.67. The molecule has 5 heteroatoms. The van der Waals surface area contributed by atoms with Gasteiger partial charge in [0.05, 0.1) is 0 Å². The van der Waals surface area contributed by atoms with Gasteiger partial charge in [0.25, 0.3) is 0 Å². The Labute approximate surface area is 83.8 Å². The summed E-state index contributed by atoms with van der Waals surface area (Å²) in [7, 11) is 1.76. The van der Waals surface area contributed by atoms with Crippen molar-refractivity contribution in [1.82, 2.24) is 15.5 Å². The highest BCUT2D eigenvalue weighted by molar-refractivity contribution is 5.78. The minimum atomic E-state index is -0.153. The third-order valence-corrected chi connectivity index (χ3v) is 2.30. The molecule has 0 aromatic heterocycles. The van der Waals surface area contributed by atoms with Gasteiger partial charge in [-0.05, 0) is 13.3 Å². The summed E-state index contributed by atoms with van der Waals surface area (Å²) in [6, 6.07) is -0.0653. The van der Waals surface area contributed by atoms with E-state index in [-0.39, 0.29) is 18.0 Å². The van der Waals surface area contributed by atoms with E-state index in [1.54, 1.807) is 11.9 Å². The monoisotopic (exact) mass is 199 g/mol. The molecule has 0 spiro atoms. The average Bonchev–Trinajstić information content (AvgIpc) is 2.12. The summed E-state index contributed by atoms with van der Waals surface area (Å²) in [5, 5.41) is 5.49. The fraction of sp³-hybridized carbons (Fsp3) is 0.778. The zero-order chi connectivity index (χ0) is 10.6. The molecular weight excluding hydrogens is 182 g/mol. The Morgan fingerprint density at radius 1 is 1.64 bits per heavy atom. The minimum absolute atomic E-state index is 0.0873. The van der Waals surface area contributed by atoms with Gasteiger partial charge < -0.3 is 15.5 Å². The van der Waals surface area contributed by atoms with E-state index in [0.717, 1.165) is 6.42 Å². The Morgan fingerprint density at radius 3 is 2.93 bits per heavy atom. The van der Waals surface area contributed by atoms with E-state index in [1.807, 2.05) is 6.92 Å². The van der Waals surface area contributed by atoms with Crippen molar-refractivity contribution in [3.63, 3.8) is 0 Å². The van der Waals surface area contributed by atoms with Crippen molar-refractivity contribution < 1.29 is 9.59 Å². The van der Waals surface area contributed by atoms with E-state index in [4.69, 9.17) is 0 Å². The maximum Gasteiger partial charge on any atom is 0.315 e. The van der Waals surface area contributed by atoms with Gasteiger partial charge in [0, 0.05) is 32.6 Å². The second-order valence-electron chi connectivity index (χ2n) is 3.51. The van der Waals surface area contributed by atoms with Crippen LogP contribution in [-0.4, -0.2) is 43.0 Å². The lowest BCUT2D eigenvalue weighted by Gasteiger charge is -2.30. The molecule has 1 heterocycles. The van der Waals surface area contributed by atoms with E-state index in [9.17, 15) is 9.59 Å². The molecule has 2 N–H and O–H groups in total. The number of likely N-dealkylation sites (tertiary alicyclic amines) is 1. The maximum atomic E-state index is 11.2. The van der Waals surface area contributed by atoms with Crippen molar-refractivity contribution in [2.24, 2.45) is 0 Å². The van der Waals surface area contributed by atoms with Crippen LogP contribution in [0.25, 0.3) is 0 Å². The predicted octanol–water partition coefficient (Wildman–Crippen LogP) is -0.0737. The highest BCUT2D eigenvalue weighted by atomic mass is 16.2. The Balaban J connectivity index is 2.32. The smallest absolute Gasteiger partial charge is 0.315 e. The van der Waals surface area contributed by atoms with Crippen LogP contribution in [0.4, 0.5) is 4.79 Å². The molecule has 1 aliphatic heterocycles. The number of amides is 3. The Bertz CT molecular complexity index is 230. The van der Waals surface area contributed by atoms with Crippen LogP contribution in [0.1, 0.15) is 19.8 Å². The quantitative estimate of drug-likeness (QED) is 0.653. The molecule has 0 aliphatic carbocycles. The van der Waals surface area contributed by atoms with Gasteiger partial charge in [0.2, 0.25) is 5.91 Å². The number of hydrogen-bond donors (Lipinski definition) is 2. The first kappa shape index (κ1) is 10.8. The largest absolute Gasteiger partial charge is 0.344 e. The fourth-order valence-electron chi connectivity index (χ4n) is 1.53. The van der Waals surface area contributed by atoms with Crippen LogP contribution in [0.5, 0.6) is 0 Å². The molecule has 0 radical (unpaired) electrons. The van der Waals surface area contributed by atoms with Crippen molar-refractivity contribution in [1.29, 1.82) is 0 Å². The zero-order valence-corrected chi connectivity index (χ0v) is 8.67. The first-order valence-electron chi connectivity index (χ1n) is 4.91. The lowest BCUT2D eigenvalue weighted by molar-refractivity contribution is -0.132. The van der Waals surface area contributed by atoms with Gasteiger partial charge in [-0.2, -0.15) is 0 Å². The number of hydrogen-bond acceptors (Lipinski definition) is 2. The molecule has 3 amide bonds. The van der Waals surface area contributed by atoms with Gasteiger partial charge >= 0.3 is 6.03 Å². The highest BCUT2D eigenvalue weighted by Gasteiger charge is 2.23. The van der Waals surface area contributed by atoms with Gasteiger partial charge in [0.15, 0.2) is 0 Å². The first-order valence-corrected chi connectivity index (χ1v) is 4.91. The van der Waals surface area contributed by atoms with Crippen LogP contribution in [0, 0.1) is 0 Å². The minimum Gasteiger partial charge on any atom is -0.344 e. The number of carbonyl (C=O) groups is 2. The molecule has 1 atom stereocenters. The van der Waals surface area contributed by atoms with Crippen LogP contribution in [0.15, 0.2) is 0 Å². The summed E-state index contributed by atoms with van der Waals surface area (Å²) in [6.07, 6.45) is 1.26. The fourth-order valence-corrected chi connectivity index (χ4v) is 1.53. The third kappa shape index (κ3) is 2.90. The number of likely N-dealkylation sites (N-methyl/N-ethyl adjacent to an activating group) is 1. The highest BCUT2D eigenvalue weighted by Crippen LogP contribution is 2.09. The van der Waals surface area contributed by atoms with Gasteiger partial charge in [-0.15, -0.1) is 0 Å². The van der Waals surface area contributed by atoms with Crippen molar-refractivity contribution in [3.05, 3.63) is 0 Å². The summed E-state index contributed by atoms with van der Waals surface area (Å²) in [6.45, 7) is 3.10. The van der Waals surface area contributed by atoms with Crippen LogP contribution in [0.2, 0.25) is 0 Å². The maximum absolute atomic E-state index is 11.2. The lowest BCUT2D eigenvalue weighted by Crippen LogP contribution is -2.51. The average molecular weight is 199 g/mol. The van der Waals surface area contributed by atoms with Crippen LogP contribution >= 0.6 is 0 Å². The predicted molar refractivity (Wildman–Crippen MR) is 52.9 cm³/mol. The van der Waals surface area contributed by atoms with E-state index in [2.05, 4.69) is 10.6 Å². The molecule has 0 aromatic carbocycles. The SMILES string of the molecule is CCNC(=O)NC1CCC(=O)N(C)C1. The summed E-state index contributed by atoms with van der Waals surface area (Å²) < 4.78 is 0. The second-order valence-corrected chi connectivity index (χ2v) is 3.51. The molecule has 80 valence electrons. The normalized spacial score (nSPS) is 22.0.